The smallest absolute Gasteiger partial charge is 0.259 e. The lowest BCUT2D eigenvalue weighted by atomic mass is 10.2. The van der Waals surface area contributed by atoms with Gasteiger partial charge in [-0.15, -0.1) is 11.3 Å². The quantitative estimate of drug-likeness (QED) is 0.806. The minimum atomic E-state index is -0.835. The Bertz CT molecular complexity index is 829. The van der Waals surface area contributed by atoms with E-state index in [1.54, 1.807) is 18.5 Å². The molecule has 2 aromatic heterocycles. The van der Waals surface area contributed by atoms with E-state index in [0.29, 0.717) is 22.5 Å². The van der Waals surface area contributed by atoms with Crippen LogP contribution in [0.2, 0.25) is 0 Å². The van der Waals surface area contributed by atoms with Gasteiger partial charge in [0.25, 0.3) is 5.91 Å². The van der Waals surface area contributed by atoms with E-state index in [1.807, 2.05) is 0 Å². The minimum Gasteiger partial charge on any atom is -0.319 e. The summed E-state index contributed by atoms with van der Waals surface area (Å²) in [7, 11) is 0. The Morgan fingerprint density at radius 3 is 2.86 bits per heavy atom. The Balaban J connectivity index is 1.86. The van der Waals surface area contributed by atoms with Crippen molar-refractivity contribution < 1.29 is 13.6 Å². The van der Waals surface area contributed by atoms with Crippen molar-refractivity contribution in [3.63, 3.8) is 0 Å². The third-order valence-corrected chi connectivity index (χ3v) is 3.70. The van der Waals surface area contributed by atoms with Crippen LogP contribution >= 0.6 is 11.3 Å². The molecule has 1 aromatic carbocycles. The first-order valence-electron chi connectivity index (χ1n) is 6.27. The maximum Gasteiger partial charge on any atom is 0.259 e. The maximum atomic E-state index is 13.6. The average molecular weight is 320 g/mol. The van der Waals surface area contributed by atoms with Gasteiger partial charge in [-0.3, -0.25) is 4.79 Å². The number of hydrogen-bond donors (Lipinski definition) is 1. The summed E-state index contributed by atoms with van der Waals surface area (Å²) in [4.78, 5) is 16.3. The van der Waals surface area contributed by atoms with Crippen LogP contribution in [-0.2, 0) is 0 Å². The van der Waals surface area contributed by atoms with Crippen LogP contribution in [0.5, 0.6) is 0 Å². The van der Waals surface area contributed by atoms with E-state index >= 15 is 0 Å². The highest BCUT2D eigenvalue weighted by atomic mass is 32.1. The van der Waals surface area contributed by atoms with Gasteiger partial charge in [0, 0.05) is 23.8 Å². The van der Waals surface area contributed by atoms with Crippen molar-refractivity contribution in [3.8, 4) is 5.13 Å². The molecule has 112 valence electrons. The number of nitrogens with zero attached hydrogens (tertiary/aromatic N) is 3. The zero-order chi connectivity index (χ0) is 15.7. The van der Waals surface area contributed by atoms with Gasteiger partial charge in [0.05, 0.1) is 16.9 Å². The van der Waals surface area contributed by atoms with Crippen LogP contribution in [0.25, 0.3) is 5.13 Å². The van der Waals surface area contributed by atoms with E-state index in [-0.39, 0.29) is 5.69 Å². The van der Waals surface area contributed by atoms with E-state index in [1.165, 1.54) is 28.3 Å². The van der Waals surface area contributed by atoms with Gasteiger partial charge in [-0.25, -0.2) is 18.4 Å². The Morgan fingerprint density at radius 1 is 1.36 bits per heavy atom. The first-order chi connectivity index (χ1) is 10.5. The molecule has 0 fully saturated rings. The van der Waals surface area contributed by atoms with Crippen LogP contribution in [0.4, 0.5) is 14.5 Å². The number of amides is 1. The van der Waals surface area contributed by atoms with Crippen LogP contribution in [0.15, 0.2) is 36.0 Å². The Labute approximate surface area is 128 Å². The third-order valence-electron chi connectivity index (χ3n) is 2.94. The van der Waals surface area contributed by atoms with E-state index in [9.17, 15) is 13.6 Å². The summed E-state index contributed by atoms with van der Waals surface area (Å²) in [5.74, 6) is -2.06. The molecule has 0 radical (unpaired) electrons. The Hall–Kier alpha value is -2.61. The number of halogens is 2. The van der Waals surface area contributed by atoms with Crippen molar-refractivity contribution in [3.05, 3.63) is 58.9 Å². The van der Waals surface area contributed by atoms with E-state index in [4.69, 9.17) is 0 Å². The summed E-state index contributed by atoms with van der Waals surface area (Å²) in [6.07, 6.45) is 3.15. The molecule has 0 spiro atoms. The number of benzene rings is 1. The Kier molecular flexibility index (Phi) is 3.68. The number of anilines is 1. The number of aryl methyl sites for hydroxylation is 1. The molecule has 0 aliphatic heterocycles. The monoisotopic (exact) mass is 320 g/mol. The molecule has 0 aliphatic carbocycles. The minimum absolute atomic E-state index is 0.0900. The Morgan fingerprint density at radius 2 is 2.18 bits per heavy atom. The fourth-order valence-electron chi connectivity index (χ4n) is 1.89. The molecule has 1 N–H and O–H groups in total. The summed E-state index contributed by atoms with van der Waals surface area (Å²) in [5.41, 5.74) is 0.682. The van der Waals surface area contributed by atoms with E-state index in [0.717, 1.165) is 6.07 Å². The molecule has 0 atom stereocenters. The topological polar surface area (TPSA) is 59.8 Å². The fraction of sp³-hybridized carbons (Fsp3) is 0.0714. The van der Waals surface area contributed by atoms with Gasteiger partial charge < -0.3 is 5.32 Å². The number of carbonyl (C=O) groups excluding carboxylic acids is 1. The van der Waals surface area contributed by atoms with Crippen molar-refractivity contribution in [1.29, 1.82) is 0 Å². The second kappa shape index (κ2) is 5.64. The van der Waals surface area contributed by atoms with Crippen molar-refractivity contribution in [2.24, 2.45) is 0 Å². The second-order valence-electron chi connectivity index (χ2n) is 4.47. The predicted molar refractivity (Wildman–Crippen MR) is 78.3 cm³/mol. The summed E-state index contributed by atoms with van der Waals surface area (Å²) in [6, 6.07) is 2.95. The molecule has 0 bridgehead atoms. The van der Waals surface area contributed by atoms with Gasteiger partial charge in [0.1, 0.15) is 11.6 Å². The van der Waals surface area contributed by atoms with Gasteiger partial charge in [0.2, 0.25) is 5.13 Å². The number of aromatic nitrogens is 3. The molecule has 1 amide bonds. The highest BCUT2D eigenvalue weighted by molar-refractivity contribution is 7.12. The lowest BCUT2D eigenvalue weighted by Gasteiger charge is -2.05. The molecule has 8 heteroatoms. The van der Waals surface area contributed by atoms with Crippen molar-refractivity contribution in [2.45, 2.75) is 6.92 Å². The lowest BCUT2D eigenvalue weighted by Crippen LogP contribution is -2.13. The summed E-state index contributed by atoms with van der Waals surface area (Å²) < 4.78 is 27.9. The molecule has 2 heterocycles. The zero-order valence-electron chi connectivity index (χ0n) is 11.4. The van der Waals surface area contributed by atoms with Crippen LogP contribution in [-0.4, -0.2) is 20.7 Å². The van der Waals surface area contributed by atoms with Crippen LogP contribution in [0.1, 0.15) is 16.1 Å². The maximum absolute atomic E-state index is 13.6. The zero-order valence-corrected chi connectivity index (χ0v) is 12.2. The number of nitrogens with one attached hydrogen (secondary N) is 1. The molecule has 3 rings (SSSR count). The van der Waals surface area contributed by atoms with E-state index < -0.39 is 17.5 Å². The third kappa shape index (κ3) is 2.73. The lowest BCUT2D eigenvalue weighted by molar-refractivity contribution is 0.102. The molecule has 3 aromatic rings. The van der Waals surface area contributed by atoms with Crippen LogP contribution < -0.4 is 5.32 Å². The largest absolute Gasteiger partial charge is 0.319 e. The first kappa shape index (κ1) is 14.3. The summed E-state index contributed by atoms with van der Waals surface area (Å²) >= 11 is 1.37. The molecule has 5 nitrogen and oxygen atoms in total. The molecular formula is C14H10F2N4OS. The van der Waals surface area contributed by atoms with Crippen LogP contribution in [0.3, 0.4) is 0 Å². The van der Waals surface area contributed by atoms with Crippen molar-refractivity contribution >= 4 is 22.9 Å². The number of rotatable bonds is 3. The standard InChI is InChI=1S/C14H10F2N4OS/c1-8-10(7-20(19-8)14-17-4-5-22-14)13(21)18-12-3-2-9(15)6-11(12)16/h2-7H,1H3,(H,18,21). The van der Waals surface area contributed by atoms with Crippen LogP contribution in [0, 0.1) is 18.6 Å². The predicted octanol–water partition coefficient (Wildman–Crippen LogP) is 3.17. The first-order valence-corrected chi connectivity index (χ1v) is 7.15. The summed E-state index contributed by atoms with van der Waals surface area (Å²) in [6.45, 7) is 1.67. The number of hydrogen-bond acceptors (Lipinski definition) is 4. The molecule has 0 saturated heterocycles. The molecular weight excluding hydrogens is 310 g/mol. The van der Waals surface area contributed by atoms with Crippen molar-refractivity contribution in [2.75, 3.05) is 5.32 Å². The van der Waals surface area contributed by atoms with E-state index in [2.05, 4.69) is 15.4 Å². The highest BCUT2D eigenvalue weighted by Crippen LogP contribution is 2.18. The van der Waals surface area contributed by atoms with Crippen molar-refractivity contribution in [1.82, 2.24) is 14.8 Å². The molecule has 0 aliphatic rings. The molecule has 0 saturated carbocycles. The number of thiazole rings is 1. The van der Waals surface area contributed by atoms with Gasteiger partial charge in [-0.1, -0.05) is 0 Å². The number of carbonyl (C=O) groups is 1. The molecule has 0 unspecified atom stereocenters. The van der Waals surface area contributed by atoms with Gasteiger partial charge >= 0.3 is 0 Å². The fourth-order valence-corrected chi connectivity index (χ4v) is 2.46. The SMILES string of the molecule is Cc1nn(-c2nccs2)cc1C(=O)Nc1ccc(F)cc1F. The molecule has 22 heavy (non-hydrogen) atoms. The average Bonchev–Trinajstić information content (AvgIpc) is 3.10. The summed E-state index contributed by atoms with van der Waals surface area (Å²) in [5, 5.41) is 9.02. The van der Waals surface area contributed by atoms with Gasteiger partial charge in [-0.2, -0.15) is 5.10 Å². The normalized spacial score (nSPS) is 10.7. The van der Waals surface area contributed by atoms with Gasteiger partial charge in [0.15, 0.2) is 0 Å². The van der Waals surface area contributed by atoms with Gasteiger partial charge in [-0.05, 0) is 19.1 Å². The highest BCUT2D eigenvalue weighted by Gasteiger charge is 2.16. The second-order valence-corrected chi connectivity index (χ2v) is 5.34.